The Hall–Kier alpha value is -1.63. The van der Waals surface area contributed by atoms with Crippen LogP contribution in [0.5, 0.6) is 0 Å². The summed E-state index contributed by atoms with van der Waals surface area (Å²) in [4.78, 5) is 26.6. The molecule has 16 heavy (non-hydrogen) atoms. The lowest BCUT2D eigenvalue weighted by molar-refractivity contribution is -0.131. The van der Waals surface area contributed by atoms with Gasteiger partial charge < -0.3 is 20.0 Å². The molecule has 1 amide bonds. The van der Waals surface area contributed by atoms with E-state index in [1.54, 1.807) is 0 Å². The first-order chi connectivity index (χ1) is 7.65. The molecule has 0 bridgehead atoms. The van der Waals surface area contributed by atoms with E-state index in [2.05, 4.69) is 10.5 Å². The molecule has 0 aromatic carbocycles. The smallest absolute Gasteiger partial charge is 0.353 e. The van der Waals surface area contributed by atoms with Gasteiger partial charge in [-0.3, -0.25) is 4.79 Å². The summed E-state index contributed by atoms with van der Waals surface area (Å²) >= 11 is 0. The average Bonchev–Trinajstić information content (AvgIpc) is 2.73. The van der Waals surface area contributed by atoms with Crippen molar-refractivity contribution in [3.8, 4) is 0 Å². The Morgan fingerprint density at radius 2 is 2.44 bits per heavy atom. The van der Waals surface area contributed by atoms with E-state index in [0.717, 1.165) is 0 Å². The zero-order valence-electron chi connectivity index (χ0n) is 8.93. The minimum absolute atomic E-state index is 0.00417. The van der Waals surface area contributed by atoms with E-state index in [-0.39, 0.29) is 18.0 Å². The highest BCUT2D eigenvalue weighted by molar-refractivity contribution is 6.36. The number of rotatable bonds is 6. The lowest BCUT2D eigenvalue weighted by Crippen LogP contribution is -2.37. The molecule has 1 unspecified atom stereocenters. The molecule has 0 saturated heterocycles. The third-order valence-electron chi connectivity index (χ3n) is 1.96. The molecule has 7 heteroatoms. The van der Waals surface area contributed by atoms with Crippen molar-refractivity contribution in [2.75, 3.05) is 19.8 Å². The van der Waals surface area contributed by atoms with Gasteiger partial charge in [0.15, 0.2) is 5.71 Å². The number of carbonyl (C=O) groups excluding carboxylic acids is 1. The number of oxime groups is 1. The summed E-state index contributed by atoms with van der Waals surface area (Å²) in [6, 6.07) is 0. The summed E-state index contributed by atoms with van der Waals surface area (Å²) < 4.78 is 5.03. The van der Waals surface area contributed by atoms with E-state index in [1.165, 1.54) is 0 Å². The molecule has 0 fully saturated rings. The third kappa shape index (κ3) is 3.50. The van der Waals surface area contributed by atoms with Gasteiger partial charge in [0.25, 0.3) is 5.91 Å². The molecule has 1 rings (SSSR count). The van der Waals surface area contributed by atoms with Crippen molar-refractivity contribution < 1.29 is 24.3 Å². The summed E-state index contributed by atoms with van der Waals surface area (Å²) in [6.45, 7) is 3.23. The summed E-state index contributed by atoms with van der Waals surface area (Å²) in [7, 11) is 0. The van der Waals surface area contributed by atoms with Crippen LogP contribution in [0.2, 0.25) is 0 Å². The lowest BCUT2D eigenvalue weighted by Gasteiger charge is -2.08. The van der Waals surface area contributed by atoms with Crippen LogP contribution in [0.3, 0.4) is 0 Å². The Morgan fingerprint density at radius 1 is 1.69 bits per heavy atom. The number of hydrogen-bond acceptors (Lipinski definition) is 5. The Morgan fingerprint density at radius 3 is 3.00 bits per heavy atom. The van der Waals surface area contributed by atoms with Crippen molar-refractivity contribution in [1.82, 2.24) is 5.32 Å². The van der Waals surface area contributed by atoms with Gasteiger partial charge in [0.1, 0.15) is 0 Å². The third-order valence-corrected chi connectivity index (χ3v) is 1.96. The van der Waals surface area contributed by atoms with Crippen molar-refractivity contribution in [3.05, 3.63) is 0 Å². The maximum atomic E-state index is 11.4. The fraction of sp³-hybridized carbons (Fsp3) is 0.667. The van der Waals surface area contributed by atoms with Crippen LogP contribution in [-0.2, 0) is 19.2 Å². The number of aliphatic carboxylic acids is 1. The first kappa shape index (κ1) is 12.4. The van der Waals surface area contributed by atoms with Gasteiger partial charge in [0, 0.05) is 19.6 Å². The number of carbonyl (C=O) groups is 2. The molecule has 1 aliphatic rings. The standard InChI is InChI=1S/C9H14N2O5/c1-2-15-4-3-10-8(12)7-5-6(9(13)14)11-16-7/h7H,2-5H2,1H3,(H,10,12)(H,13,14). The van der Waals surface area contributed by atoms with Crippen LogP contribution < -0.4 is 5.32 Å². The molecule has 90 valence electrons. The van der Waals surface area contributed by atoms with Crippen LogP contribution in [0, 0.1) is 0 Å². The van der Waals surface area contributed by atoms with Crippen LogP contribution in [0.15, 0.2) is 5.16 Å². The zero-order valence-corrected chi connectivity index (χ0v) is 8.93. The minimum Gasteiger partial charge on any atom is -0.477 e. The van der Waals surface area contributed by atoms with Gasteiger partial charge in [-0.25, -0.2) is 4.79 Å². The molecule has 0 radical (unpaired) electrons. The van der Waals surface area contributed by atoms with E-state index in [4.69, 9.17) is 14.7 Å². The van der Waals surface area contributed by atoms with Crippen molar-refractivity contribution in [2.24, 2.45) is 5.16 Å². The Bertz CT molecular complexity index is 302. The summed E-state index contributed by atoms with van der Waals surface area (Å²) in [5, 5.41) is 14.5. The van der Waals surface area contributed by atoms with E-state index in [1.807, 2.05) is 6.92 Å². The Kier molecular flexibility index (Phi) is 4.71. The van der Waals surface area contributed by atoms with Gasteiger partial charge in [-0.15, -0.1) is 0 Å². The fourth-order valence-corrected chi connectivity index (χ4v) is 1.15. The largest absolute Gasteiger partial charge is 0.477 e. The van der Waals surface area contributed by atoms with Gasteiger partial charge in [-0.1, -0.05) is 5.16 Å². The van der Waals surface area contributed by atoms with Crippen LogP contribution in [-0.4, -0.2) is 48.6 Å². The normalized spacial score (nSPS) is 18.8. The predicted octanol–water partition coefficient (Wildman–Crippen LogP) is -0.631. The first-order valence-corrected chi connectivity index (χ1v) is 4.96. The van der Waals surface area contributed by atoms with Crippen molar-refractivity contribution in [2.45, 2.75) is 19.4 Å². The quantitative estimate of drug-likeness (QED) is 0.592. The van der Waals surface area contributed by atoms with Gasteiger partial charge in [0.2, 0.25) is 6.10 Å². The summed E-state index contributed by atoms with van der Waals surface area (Å²) in [5.74, 6) is -1.54. The second kappa shape index (κ2) is 6.06. The van der Waals surface area contributed by atoms with Crippen molar-refractivity contribution in [3.63, 3.8) is 0 Å². The number of ether oxygens (including phenoxy) is 1. The fourth-order valence-electron chi connectivity index (χ4n) is 1.15. The van der Waals surface area contributed by atoms with Gasteiger partial charge in [-0.05, 0) is 6.92 Å². The number of amides is 1. The van der Waals surface area contributed by atoms with Gasteiger partial charge in [0.05, 0.1) is 6.61 Å². The highest BCUT2D eigenvalue weighted by atomic mass is 16.6. The van der Waals surface area contributed by atoms with Gasteiger partial charge >= 0.3 is 5.97 Å². The highest BCUT2D eigenvalue weighted by Crippen LogP contribution is 2.10. The monoisotopic (exact) mass is 230 g/mol. The lowest BCUT2D eigenvalue weighted by atomic mass is 10.2. The highest BCUT2D eigenvalue weighted by Gasteiger charge is 2.31. The van der Waals surface area contributed by atoms with E-state index >= 15 is 0 Å². The topological polar surface area (TPSA) is 97.2 Å². The van der Waals surface area contributed by atoms with Gasteiger partial charge in [-0.2, -0.15) is 0 Å². The molecule has 7 nitrogen and oxygen atoms in total. The van der Waals surface area contributed by atoms with Crippen LogP contribution in [0.1, 0.15) is 13.3 Å². The average molecular weight is 230 g/mol. The second-order valence-electron chi connectivity index (χ2n) is 3.13. The molecule has 0 aliphatic carbocycles. The first-order valence-electron chi connectivity index (χ1n) is 4.96. The predicted molar refractivity (Wildman–Crippen MR) is 54.1 cm³/mol. The molecule has 0 saturated carbocycles. The molecule has 2 N–H and O–H groups in total. The molecular weight excluding hydrogens is 216 g/mol. The number of nitrogens with one attached hydrogen (secondary N) is 1. The van der Waals surface area contributed by atoms with Crippen molar-refractivity contribution in [1.29, 1.82) is 0 Å². The maximum absolute atomic E-state index is 11.4. The Labute approximate surface area is 92.4 Å². The van der Waals surface area contributed by atoms with E-state index in [0.29, 0.717) is 19.8 Å². The maximum Gasteiger partial charge on any atom is 0.353 e. The molecule has 0 aromatic heterocycles. The number of hydrogen-bond donors (Lipinski definition) is 2. The summed E-state index contributed by atoms with van der Waals surface area (Å²) in [5.41, 5.74) is -0.134. The number of nitrogens with zero attached hydrogens (tertiary/aromatic N) is 1. The van der Waals surface area contributed by atoms with Crippen molar-refractivity contribution >= 4 is 17.6 Å². The SMILES string of the molecule is CCOCCNC(=O)C1CC(C(=O)O)=NO1. The van der Waals surface area contributed by atoms with E-state index in [9.17, 15) is 9.59 Å². The molecule has 0 aromatic rings. The Balaban J connectivity index is 2.23. The number of carboxylic acid groups (broad SMARTS) is 1. The molecule has 1 atom stereocenters. The van der Waals surface area contributed by atoms with Crippen LogP contribution >= 0.6 is 0 Å². The zero-order chi connectivity index (χ0) is 12.0. The molecular formula is C9H14N2O5. The molecule has 1 aliphatic heterocycles. The second-order valence-corrected chi connectivity index (χ2v) is 3.13. The molecule has 0 spiro atoms. The molecule has 1 heterocycles. The number of carboxylic acids is 1. The van der Waals surface area contributed by atoms with E-state index < -0.39 is 12.1 Å². The van der Waals surface area contributed by atoms with Crippen LogP contribution in [0.4, 0.5) is 0 Å². The summed E-state index contributed by atoms with van der Waals surface area (Å²) in [6.07, 6.45) is -0.844. The minimum atomic E-state index is -1.16. The van der Waals surface area contributed by atoms with Crippen LogP contribution in [0.25, 0.3) is 0 Å².